The first-order chi connectivity index (χ1) is 18.6. The number of rotatable bonds is 8. The van der Waals surface area contributed by atoms with Crippen LogP contribution in [-0.2, 0) is 11.5 Å². The Labute approximate surface area is 234 Å². The average Bonchev–Trinajstić information content (AvgIpc) is 3.56. The first kappa shape index (κ1) is 28.0. The molecule has 0 bridgehead atoms. The lowest BCUT2D eigenvalue weighted by Gasteiger charge is -2.37. The number of nitrogens with two attached hydrogens (primary N) is 1. The number of hydrogen-bond acceptors (Lipinski definition) is 6. The van der Waals surface area contributed by atoms with Crippen LogP contribution in [-0.4, -0.2) is 35.0 Å². The van der Waals surface area contributed by atoms with E-state index in [1.54, 1.807) is 4.57 Å². The maximum absolute atomic E-state index is 12.5. The lowest BCUT2D eigenvalue weighted by atomic mass is 9.71. The molecule has 4 N–H and O–H groups in total. The number of nitrogens with zero attached hydrogens (tertiary/aromatic N) is 5. The summed E-state index contributed by atoms with van der Waals surface area (Å²) >= 11 is 5.44. The molecule has 1 aliphatic rings. The van der Waals surface area contributed by atoms with E-state index in [-0.39, 0.29) is 23.9 Å². The van der Waals surface area contributed by atoms with Gasteiger partial charge in [0.15, 0.2) is 5.65 Å². The maximum atomic E-state index is 12.5. The predicted molar refractivity (Wildman–Crippen MR) is 158 cm³/mol. The van der Waals surface area contributed by atoms with E-state index in [2.05, 4.69) is 69.7 Å². The van der Waals surface area contributed by atoms with Crippen LogP contribution in [0.3, 0.4) is 0 Å². The van der Waals surface area contributed by atoms with E-state index in [0.717, 1.165) is 24.0 Å². The molecular weight excluding hydrogens is 508 g/mol. The van der Waals surface area contributed by atoms with Crippen molar-refractivity contribution < 1.29 is 4.79 Å². The molecular formula is C29H36N8OS. The van der Waals surface area contributed by atoms with Crippen molar-refractivity contribution in [2.24, 2.45) is 5.41 Å². The van der Waals surface area contributed by atoms with Gasteiger partial charge in [0.25, 0.3) is 0 Å². The highest BCUT2D eigenvalue weighted by molar-refractivity contribution is 7.71. The van der Waals surface area contributed by atoms with Crippen molar-refractivity contribution in [3.05, 3.63) is 88.4 Å². The van der Waals surface area contributed by atoms with Gasteiger partial charge in [0.2, 0.25) is 11.9 Å². The number of H-pyrrole nitrogens is 1. The van der Waals surface area contributed by atoms with Gasteiger partial charge in [-0.2, -0.15) is 4.98 Å². The Morgan fingerprint density at radius 2 is 2.10 bits per heavy atom. The zero-order valence-corrected chi connectivity index (χ0v) is 23.9. The Kier molecular flexibility index (Phi) is 8.44. The van der Waals surface area contributed by atoms with Crippen LogP contribution < -0.4 is 11.1 Å². The minimum atomic E-state index is -0.252. The largest absolute Gasteiger partial charge is 0.369 e. The number of carbonyl (C=O) groups excluding carboxylic acids is 1. The Hall–Kier alpha value is -4.05. The highest BCUT2D eigenvalue weighted by atomic mass is 32.1. The summed E-state index contributed by atoms with van der Waals surface area (Å²) in [5.74, 6) is -0.0628. The number of aromatic nitrogens is 6. The summed E-state index contributed by atoms with van der Waals surface area (Å²) < 4.78 is 4.19. The monoisotopic (exact) mass is 544 g/mol. The average molecular weight is 545 g/mol. The van der Waals surface area contributed by atoms with Crippen LogP contribution in [0.2, 0.25) is 0 Å². The second kappa shape index (κ2) is 11.8. The minimum absolute atomic E-state index is 0.107. The van der Waals surface area contributed by atoms with Gasteiger partial charge in [0, 0.05) is 18.5 Å². The van der Waals surface area contributed by atoms with E-state index >= 15 is 0 Å². The van der Waals surface area contributed by atoms with Crippen LogP contribution in [0.25, 0.3) is 11.2 Å². The lowest BCUT2D eigenvalue weighted by Crippen LogP contribution is -2.26. The van der Waals surface area contributed by atoms with Gasteiger partial charge in [-0.05, 0) is 55.7 Å². The topological polar surface area (TPSA) is 119 Å². The summed E-state index contributed by atoms with van der Waals surface area (Å²) in [6.45, 7) is 10.9. The number of nitrogen functional groups attached to an aromatic ring is 1. The van der Waals surface area contributed by atoms with E-state index in [1.165, 1.54) is 23.5 Å². The summed E-state index contributed by atoms with van der Waals surface area (Å²) in [5, 5.41) is 2.81. The Bertz CT molecular complexity index is 1560. The number of allylic oxidation sites excluding steroid dienone is 9. The SMILES string of the molecule is CC(C=CC1=C(C)C(n2ccnc2)CCC1(C)C)=CC=CC(C)=CC(=O)NCn1c(N)nc2nc[nH]c2c1=S. The fourth-order valence-electron chi connectivity index (χ4n) is 4.92. The summed E-state index contributed by atoms with van der Waals surface area (Å²) in [5.41, 5.74) is 11.9. The molecule has 0 radical (unpaired) electrons. The zero-order chi connectivity index (χ0) is 28.2. The van der Waals surface area contributed by atoms with Crippen LogP contribution in [0.1, 0.15) is 53.5 Å². The number of aromatic amines is 1. The van der Waals surface area contributed by atoms with Gasteiger partial charge < -0.3 is 20.6 Å². The highest BCUT2D eigenvalue weighted by Gasteiger charge is 2.32. The van der Waals surface area contributed by atoms with Crippen LogP contribution in [0.4, 0.5) is 5.95 Å². The molecule has 204 valence electrons. The van der Waals surface area contributed by atoms with Crippen molar-refractivity contribution in [3.63, 3.8) is 0 Å². The number of fused-ring (bicyclic) bond motifs is 1. The van der Waals surface area contributed by atoms with Crippen molar-refractivity contribution in [2.75, 3.05) is 5.73 Å². The molecule has 39 heavy (non-hydrogen) atoms. The molecule has 1 amide bonds. The molecule has 9 nitrogen and oxygen atoms in total. The van der Waals surface area contributed by atoms with E-state index < -0.39 is 0 Å². The first-order valence-corrected chi connectivity index (χ1v) is 13.3. The number of amides is 1. The van der Waals surface area contributed by atoms with Crippen molar-refractivity contribution >= 4 is 35.2 Å². The molecule has 3 aromatic heterocycles. The van der Waals surface area contributed by atoms with Crippen LogP contribution in [0.15, 0.2) is 83.8 Å². The van der Waals surface area contributed by atoms with Crippen LogP contribution in [0.5, 0.6) is 0 Å². The first-order valence-electron chi connectivity index (χ1n) is 12.9. The lowest BCUT2D eigenvalue weighted by molar-refractivity contribution is -0.117. The van der Waals surface area contributed by atoms with E-state index in [1.807, 2.05) is 43.9 Å². The van der Waals surface area contributed by atoms with Crippen LogP contribution in [0, 0.1) is 10.1 Å². The Morgan fingerprint density at radius 3 is 2.85 bits per heavy atom. The highest BCUT2D eigenvalue weighted by Crippen LogP contribution is 2.45. The fourth-order valence-corrected chi connectivity index (χ4v) is 5.23. The Morgan fingerprint density at radius 1 is 1.31 bits per heavy atom. The molecule has 0 saturated carbocycles. The molecule has 3 aromatic rings. The Balaban J connectivity index is 1.38. The third-order valence-corrected chi connectivity index (χ3v) is 7.58. The molecule has 1 unspecified atom stereocenters. The summed E-state index contributed by atoms with van der Waals surface area (Å²) in [6.07, 6.45) is 21.4. The predicted octanol–water partition coefficient (Wildman–Crippen LogP) is 5.72. The van der Waals surface area contributed by atoms with Crippen molar-refractivity contribution in [3.8, 4) is 0 Å². The van der Waals surface area contributed by atoms with Crippen LogP contribution >= 0.6 is 12.2 Å². The molecule has 10 heteroatoms. The van der Waals surface area contributed by atoms with Gasteiger partial charge in [0.1, 0.15) is 10.2 Å². The number of imidazole rings is 2. The number of hydrogen-bond donors (Lipinski definition) is 3. The van der Waals surface area contributed by atoms with Crippen molar-refractivity contribution in [1.82, 2.24) is 34.4 Å². The molecule has 3 heterocycles. The quantitative estimate of drug-likeness (QED) is 0.189. The molecule has 0 fully saturated rings. The minimum Gasteiger partial charge on any atom is -0.369 e. The summed E-state index contributed by atoms with van der Waals surface area (Å²) in [6, 6.07) is 0.348. The fraction of sp³-hybridized carbons (Fsp3) is 0.345. The number of carbonyl (C=O) groups is 1. The number of anilines is 1. The molecule has 0 aliphatic heterocycles. The standard InChI is InChI=1S/C29H36N8OS/c1-19(9-10-22-21(3)23(11-12-29(22,4)5)36-14-13-31-17-36)7-6-8-20(2)15-24(38)34-18-37-27(39)25-26(33-16-32-25)35-28(37)30/h6-10,13-17,23H,11-12,18H2,1-5H3,(H2,30,35)(H,32,33)(H,34,38). The van der Waals surface area contributed by atoms with Gasteiger partial charge in [-0.15, -0.1) is 0 Å². The summed E-state index contributed by atoms with van der Waals surface area (Å²) in [7, 11) is 0. The van der Waals surface area contributed by atoms with Gasteiger partial charge in [0.05, 0.1) is 25.4 Å². The van der Waals surface area contributed by atoms with E-state index in [4.69, 9.17) is 18.0 Å². The molecule has 0 saturated heterocycles. The van der Waals surface area contributed by atoms with E-state index in [0.29, 0.717) is 21.8 Å². The molecule has 0 spiro atoms. The molecule has 4 rings (SSSR count). The van der Waals surface area contributed by atoms with Gasteiger partial charge in [-0.25, -0.2) is 9.97 Å². The van der Waals surface area contributed by atoms with Gasteiger partial charge >= 0.3 is 0 Å². The number of nitrogens with one attached hydrogen (secondary N) is 2. The van der Waals surface area contributed by atoms with Crippen molar-refractivity contribution in [2.45, 2.75) is 60.2 Å². The molecule has 1 aliphatic carbocycles. The summed E-state index contributed by atoms with van der Waals surface area (Å²) in [4.78, 5) is 27.9. The van der Waals surface area contributed by atoms with Gasteiger partial charge in [-0.3, -0.25) is 9.36 Å². The zero-order valence-electron chi connectivity index (χ0n) is 23.1. The maximum Gasteiger partial charge on any atom is 0.245 e. The normalized spacial score (nSPS) is 18.5. The second-order valence-electron chi connectivity index (χ2n) is 10.5. The second-order valence-corrected chi connectivity index (χ2v) is 10.9. The molecule has 0 aromatic carbocycles. The van der Waals surface area contributed by atoms with Crippen molar-refractivity contribution in [1.29, 1.82) is 0 Å². The molecule has 1 atom stereocenters. The smallest absolute Gasteiger partial charge is 0.245 e. The third-order valence-electron chi connectivity index (χ3n) is 7.16. The van der Waals surface area contributed by atoms with Gasteiger partial charge in [-0.1, -0.05) is 62.0 Å². The third kappa shape index (κ3) is 6.51. The van der Waals surface area contributed by atoms with E-state index in [9.17, 15) is 4.79 Å².